The van der Waals surface area contributed by atoms with Gasteiger partial charge in [-0.05, 0) is 18.4 Å². The second kappa shape index (κ2) is 5.45. The molecule has 2 fully saturated rings. The number of hydrogen-bond donors (Lipinski definition) is 1. The molecule has 0 spiro atoms. The summed E-state index contributed by atoms with van der Waals surface area (Å²) in [6.07, 6.45) is 7.17. The fraction of sp³-hybridized carbons (Fsp3) is 0.400. The Morgan fingerprint density at radius 2 is 2.09 bits per heavy atom. The van der Waals surface area contributed by atoms with Gasteiger partial charge in [0.2, 0.25) is 5.91 Å². The van der Waals surface area contributed by atoms with Gasteiger partial charge in [-0.25, -0.2) is 9.97 Å². The summed E-state index contributed by atoms with van der Waals surface area (Å²) in [5.41, 5.74) is 1.18. The van der Waals surface area contributed by atoms with E-state index in [1.807, 2.05) is 0 Å². The average Bonchev–Trinajstić information content (AvgIpc) is 3.25. The summed E-state index contributed by atoms with van der Waals surface area (Å²) in [4.78, 5) is 36.6. The van der Waals surface area contributed by atoms with Gasteiger partial charge in [0.25, 0.3) is 5.91 Å². The topological polar surface area (TPSA) is 95.1 Å². The third-order valence-corrected chi connectivity index (χ3v) is 4.62. The van der Waals surface area contributed by atoms with E-state index in [0.29, 0.717) is 31.0 Å². The Balaban J connectivity index is 1.52. The predicted octanol–water partition coefficient (Wildman–Crippen LogP) is 0.325. The van der Waals surface area contributed by atoms with Crippen LogP contribution in [-0.4, -0.2) is 56.5 Å². The maximum absolute atomic E-state index is 12.8. The van der Waals surface area contributed by atoms with E-state index in [9.17, 15) is 9.59 Å². The fourth-order valence-corrected chi connectivity index (χ4v) is 3.45. The third kappa shape index (κ3) is 2.36. The van der Waals surface area contributed by atoms with Gasteiger partial charge in [-0.15, -0.1) is 0 Å². The highest BCUT2D eigenvalue weighted by Crippen LogP contribution is 2.34. The van der Waals surface area contributed by atoms with Crippen molar-refractivity contribution < 1.29 is 9.59 Å². The van der Waals surface area contributed by atoms with Crippen LogP contribution < -0.4 is 4.90 Å². The lowest BCUT2D eigenvalue weighted by molar-refractivity contribution is -0.124. The molecule has 0 unspecified atom stereocenters. The molecular weight excluding hydrogens is 296 g/mol. The third-order valence-electron chi connectivity index (χ3n) is 4.62. The van der Waals surface area contributed by atoms with Crippen molar-refractivity contribution in [3.63, 3.8) is 0 Å². The Morgan fingerprint density at radius 3 is 2.83 bits per heavy atom. The number of nitrogens with zero attached hydrogens (tertiary/aromatic N) is 5. The van der Waals surface area contributed by atoms with Crippen molar-refractivity contribution in [2.75, 3.05) is 24.5 Å². The Labute approximate surface area is 132 Å². The Bertz CT molecular complexity index is 717. The maximum atomic E-state index is 12.8. The van der Waals surface area contributed by atoms with E-state index < -0.39 is 0 Å². The Hall–Kier alpha value is -2.77. The summed E-state index contributed by atoms with van der Waals surface area (Å²) in [7, 11) is 0. The lowest BCUT2D eigenvalue weighted by Crippen LogP contribution is -2.45. The number of amides is 2. The minimum atomic E-state index is -0.157. The number of H-pyrrole nitrogens is 1. The van der Waals surface area contributed by atoms with Crippen molar-refractivity contribution >= 4 is 17.5 Å². The second-order valence-electron chi connectivity index (χ2n) is 5.92. The number of hydrogen-bond acceptors (Lipinski definition) is 5. The van der Waals surface area contributed by atoms with Crippen LogP contribution in [0, 0.1) is 11.8 Å². The first-order chi connectivity index (χ1) is 11.2. The highest BCUT2D eigenvalue weighted by molar-refractivity contribution is 5.98. The number of aromatic nitrogens is 4. The number of aromatic amines is 1. The van der Waals surface area contributed by atoms with E-state index in [0.717, 1.165) is 6.42 Å². The molecule has 2 aliphatic heterocycles. The molecule has 2 amide bonds. The van der Waals surface area contributed by atoms with Crippen molar-refractivity contribution in [3.8, 4) is 0 Å². The van der Waals surface area contributed by atoms with Gasteiger partial charge in [0.05, 0.1) is 24.0 Å². The van der Waals surface area contributed by atoms with Crippen molar-refractivity contribution in [1.82, 2.24) is 25.1 Å². The molecular formula is C15H16N6O2. The summed E-state index contributed by atoms with van der Waals surface area (Å²) in [5, 5.41) is 6.50. The predicted molar refractivity (Wildman–Crippen MR) is 80.5 cm³/mol. The van der Waals surface area contributed by atoms with Crippen LogP contribution >= 0.6 is 0 Å². The van der Waals surface area contributed by atoms with E-state index >= 15 is 0 Å². The molecule has 1 N–H and O–H groups in total. The summed E-state index contributed by atoms with van der Waals surface area (Å²) >= 11 is 0. The van der Waals surface area contributed by atoms with Crippen molar-refractivity contribution in [1.29, 1.82) is 0 Å². The van der Waals surface area contributed by atoms with Crippen LogP contribution in [-0.2, 0) is 4.79 Å². The van der Waals surface area contributed by atoms with Gasteiger partial charge in [0, 0.05) is 25.8 Å². The zero-order chi connectivity index (χ0) is 15.8. The first-order valence-corrected chi connectivity index (χ1v) is 7.59. The van der Waals surface area contributed by atoms with Gasteiger partial charge in [-0.2, -0.15) is 5.10 Å². The number of likely N-dealkylation sites (tertiary alicyclic amines) is 1. The van der Waals surface area contributed by atoms with Gasteiger partial charge >= 0.3 is 0 Å². The van der Waals surface area contributed by atoms with Gasteiger partial charge < -0.3 is 9.80 Å². The normalized spacial score (nSPS) is 23.9. The molecule has 4 heterocycles. The molecule has 8 heteroatoms. The number of piperidine rings is 1. The van der Waals surface area contributed by atoms with Gasteiger partial charge in [-0.3, -0.25) is 14.7 Å². The van der Waals surface area contributed by atoms with Crippen molar-refractivity contribution in [2.45, 2.75) is 6.42 Å². The van der Waals surface area contributed by atoms with Gasteiger partial charge in [-0.1, -0.05) is 0 Å². The lowest BCUT2D eigenvalue weighted by atomic mass is 9.88. The zero-order valence-corrected chi connectivity index (χ0v) is 12.4. The van der Waals surface area contributed by atoms with Crippen LogP contribution in [0.5, 0.6) is 0 Å². The number of nitrogens with one attached hydrogen (secondary N) is 1. The van der Waals surface area contributed by atoms with Crippen molar-refractivity contribution in [3.05, 3.63) is 36.7 Å². The summed E-state index contributed by atoms with van der Waals surface area (Å²) in [5.74, 6) is 0.0151. The Kier molecular flexibility index (Phi) is 3.29. The number of anilines is 1. The molecule has 8 nitrogen and oxygen atoms in total. The van der Waals surface area contributed by atoms with E-state index in [-0.39, 0.29) is 23.7 Å². The summed E-state index contributed by atoms with van der Waals surface area (Å²) < 4.78 is 0. The summed E-state index contributed by atoms with van der Waals surface area (Å²) in [6.45, 7) is 1.71. The van der Waals surface area contributed by atoms with Crippen LogP contribution in [0.4, 0.5) is 5.69 Å². The molecule has 2 aromatic rings. The molecule has 0 aromatic carbocycles. The van der Waals surface area contributed by atoms with Crippen LogP contribution in [0.15, 0.2) is 31.0 Å². The smallest absolute Gasteiger partial charge is 0.271 e. The molecule has 2 aromatic heterocycles. The highest BCUT2D eigenvalue weighted by Gasteiger charge is 2.44. The van der Waals surface area contributed by atoms with E-state index in [1.165, 1.54) is 6.33 Å². The monoisotopic (exact) mass is 312 g/mol. The highest BCUT2D eigenvalue weighted by atomic mass is 16.2. The number of carbonyl (C=O) groups is 2. The van der Waals surface area contributed by atoms with Crippen LogP contribution in [0.25, 0.3) is 0 Å². The van der Waals surface area contributed by atoms with Gasteiger partial charge in [0.1, 0.15) is 12.0 Å². The van der Waals surface area contributed by atoms with Crippen LogP contribution in [0.1, 0.15) is 16.9 Å². The second-order valence-corrected chi connectivity index (χ2v) is 5.92. The van der Waals surface area contributed by atoms with E-state index in [4.69, 9.17) is 0 Å². The number of fused-ring (bicyclic) bond motifs is 1. The molecule has 23 heavy (non-hydrogen) atoms. The standard InChI is InChI=1S/C15H16N6O2/c22-14-12-8-20(15(23)13-1-3-18-19-13)7-10(12)2-4-21(14)11-5-16-9-17-6-11/h1,3,5-6,9-10,12H,2,4,7-8H2,(H,18,19)/t10-,12-/m1/s1. The molecule has 0 aliphatic carbocycles. The molecule has 2 saturated heterocycles. The SMILES string of the molecule is O=C(c1ccn[nH]1)N1C[C@H]2CCN(c3cncnc3)C(=O)[C@@H]2C1. The minimum Gasteiger partial charge on any atom is -0.336 e. The van der Waals surface area contributed by atoms with E-state index in [1.54, 1.807) is 34.5 Å². The molecule has 118 valence electrons. The molecule has 0 radical (unpaired) electrons. The first kappa shape index (κ1) is 13.9. The molecule has 0 bridgehead atoms. The molecule has 4 rings (SSSR count). The minimum absolute atomic E-state index is 0.0518. The first-order valence-electron chi connectivity index (χ1n) is 7.59. The zero-order valence-electron chi connectivity index (χ0n) is 12.4. The van der Waals surface area contributed by atoms with Crippen molar-refractivity contribution in [2.24, 2.45) is 11.8 Å². The molecule has 2 aliphatic rings. The van der Waals surface area contributed by atoms with E-state index in [2.05, 4.69) is 20.2 Å². The van der Waals surface area contributed by atoms with Gasteiger partial charge in [0.15, 0.2) is 0 Å². The number of rotatable bonds is 2. The fourth-order valence-electron chi connectivity index (χ4n) is 3.45. The number of carbonyl (C=O) groups excluding carboxylic acids is 2. The molecule has 0 saturated carbocycles. The quantitative estimate of drug-likeness (QED) is 0.862. The van der Waals surface area contributed by atoms with Crippen LogP contribution in [0.3, 0.4) is 0 Å². The average molecular weight is 312 g/mol. The lowest BCUT2D eigenvalue weighted by Gasteiger charge is -2.33. The largest absolute Gasteiger partial charge is 0.336 e. The van der Waals surface area contributed by atoms with Crippen LogP contribution in [0.2, 0.25) is 0 Å². The Morgan fingerprint density at radius 1 is 1.26 bits per heavy atom. The maximum Gasteiger partial charge on any atom is 0.271 e. The molecule has 2 atom stereocenters. The summed E-state index contributed by atoms with van der Waals surface area (Å²) in [6, 6.07) is 1.65.